The first kappa shape index (κ1) is 17.8. The molecule has 3 aromatic carbocycles. The number of hydrogen-bond donors (Lipinski definition) is 1. The number of aryl methyl sites for hydroxylation is 2. The normalized spacial score (nSPS) is 10.8. The molecule has 1 N–H and O–H groups in total. The molecule has 0 saturated carbocycles. The summed E-state index contributed by atoms with van der Waals surface area (Å²) in [5.41, 5.74) is 5.22. The maximum absolute atomic E-state index is 12.2. The molecule has 1 heterocycles. The summed E-state index contributed by atoms with van der Waals surface area (Å²) >= 11 is 0. The van der Waals surface area contributed by atoms with Gasteiger partial charge < -0.3 is 14.5 Å². The van der Waals surface area contributed by atoms with Crippen LogP contribution in [0, 0.1) is 13.8 Å². The van der Waals surface area contributed by atoms with Crippen molar-refractivity contribution < 1.29 is 13.9 Å². The minimum Gasteiger partial charge on any atom is -0.484 e. The molecule has 5 nitrogen and oxygen atoms in total. The zero-order valence-electron chi connectivity index (χ0n) is 15.7. The van der Waals surface area contributed by atoms with Gasteiger partial charge in [0.1, 0.15) is 11.3 Å². The second kappa shape index (κ2) is 7.56. The molecular formula is C23H20N2O3. The highest BCUT2D eigenvalue weighted by Gasteiger charge is 2.10. The van der Waals surface area contributed by atoms with Gasteiger partial charge in [-0.25, -0.2) is 4.98 Å². The Hall–Kier alpha value is -3.60. The lowest BCUT2D eigenvalue weighted by Gasteiger charge is -2.09. The monoisotopic (exact) mass is 372 g/mol. The Balaban J connectivity index is 1.44. The first-order valence-corrected chi connectivity index (χ1v) is 9.04. The minimum absolute atomic E-state index is 0.0633. The molecule has 28 heavy (non-hydrogen) atoms. The van der Waals surface area contributed by atoms with Gasteiger partial charge in [-0.15, -0.1) is 0 Å². The number of benzene rings is 3. The molecule has 140 valence electrons. The molecule has 4 aromatic rings. The number of rotatable bonds is 5. The highest BCUT2D eigenvalue weighted by molar-refractivity contribution is 5.93. The van der Waals surface area contributed by atoms with E-state index in [1.807, 2.05) is 68.4 Å². The van der Waals surface area contributed by atoms with Gasteiger partial charge in [-0.3, -0.25) is 4.79 Å². The van der Waals surface area contributed by atoms with E-state index in [1.165, 1.54) is 5.56 Å². The predicted octanol–water partition coefficient (Wildman–Crippen LogP) is 5.13. The van der Waals surface area contributed by atoms with Crippen LogP contribution in [0.3, 0.4) is 0 Å². The zero-order chi connectivity index (χ0) is 19.5. The van der Waals surface area contributed by atoms with E-state index in [2.05, 4.69) is 10.3 Å². The molecule has 1 amide bonds. The smallest absolute Gasteiger partial charge is 0.262 e. The quantitative estimate of drug-likeness (QED) is 0.527. The molecule has 0 aliphatic carbocycles. The van der Waals surface area contributed by atoms with Crippen LogP contribution < -0.4 is 10.1 Å². The van der Waals surface area contributed by atoms with Gasteiger partial charge >= 0.3 is 0 Å². The van der Waals surface area contributed by atoms with Crippen LogP contribution >= 0.6 is 0 Å². The molecule has 0 aliphatic rings. The van der Waals surface area contributed by atoms with Crippen LogP contribution in [0.25, 0.3) is 22.6 Å². The summed E-state index contributed by atoms with van der Waals surface area (Å²) in [5, 5.41) is 2.83. The van der Waals surface area contributed by atoms with Gasteiger partial charge in [-0.1, -0.05) is 24.3 Å². The van der Waals surface area contributed by atoms with E-state index in [9.17, 15) is 4.79 Å². The van der Waals surface area contributed by atoms with Gasteiger partial charge in [0.05, 0.1) is 0 Å². The van der Waals surface area contributed by atoms with Crippen LogP contribution in [-0.2, 0) is 4.79 Å². The molecular weight excluding hydrogens is 352 g/mol. The van der Waals surface area contributed by atoms with E-state index < -0.39 is 0 Å². The fraction of sp³-hybridized carbons (Fsp3) is 0.130. The van der Waals surface area contributed by atoms with Crippen molar-refractivity contribution in [2.45, 2.75) is 13.8 Å². The second-order valence-electron chi connectivity index (χ2n) is 6.65. The Labute approximate surface area is 163 Å². The first-order valence-electron chi connectivity index (χ1n) is 9.04. The highest BCUT2D eigenvalue weighted by Crippen LogP contribution is 2.26. The number of nitrogens with zero attached hydrogens (tertiary/aromatic N) is 1. The predicted molar refractivity (Wildman–Crippen MR) is 109 cm³/mol. The van der Waals surface area contributed by atoms with Crippen LogP contribution in [0.15, 0.2) is 71.1 Å². The zero-order valence-corrected chi connectivity index (χ0v) is 15.7. The van der Waals surface area contributed by atoms with Gasteiger partial charge in [-0.2, -0.15) is 0 Å². The van der Waals surface area contributed by atoms with Gasteiger partial charge in [0, 0.05) is 17.3 Å². The number of nitrogens with one attached hydrogen (secondary N) is 1. The Bertz CT molecular complexity index is 1130. The van der Waals surface area contributed by atoms with Crippen molar-refractivity contribution in [1.82, 2.24) is 4.98 Å². The third-order valence-corrected chi connectivity index (χ3v) is 4.54. The van der Waals surface area contributed by atoms with Crippen molar-refractivity contribution in [2.24, 2.45) is 0 Å². The molecule has 0 fully saturated rings. The fourth-order valence-electron chi connectivity index (χ4n) is 2.86. The summed E-state index contributed by atoms with van der Waals surface area (Å²) in [6.07, 6.45) is 0. The summed E-state index contributed by atoms with van der Waals surface area (Å²) in [5.74, 6) is 0.994. The number of oxazole rings is 1. The summed E-state index contributed by atoms with van der Waals surface area (Å²) in [4.78, 5) is 16.7. The number of aromatic nitrogens is 1. The summed E-state index contributed by atoms with van der Waals surface area (Å²) in [6.45, 7) is 3.99. The average Bonchev–Trinajstić information content (AvgIpc) is 3.13. The Morgan fingerprint density at radius 2 is 1.82 bits per heavy atom. The topological polar surface area (TPSA) is 64.4 Å². The molecule has 4 rings (SSSR count). The minimum atomic E-state index is -0.236. The number of carbonyl (C=O) groups is 1. The second-order valence-corrected chi connectivity index (χ2v) is 6.65. The van der Waals surface area contributed by atoms with Gasteiger partial charge in [0.15, 0.2) is 12.2 Å². The number of amides is 1. The molecule has 0 atom stereocenters. The van der Waals surface area contributed by atoms with Crippen LogP contribution in [0.5, 0.6) is 5.75 Å². The van der Waals surface area contributed by atoms with Crippen LogP contribution in [0.4, 0.5) is 5.69 Å². The molecule has 0 spiro atoms. The SMILES string of the molecule is Cc1ccc(OCC(=O)Nc2ccc3nc(-c4ccccc4)oc3c2)cc1C. The van der Waals surface area contributed by atoms with E-state index in [1.54, 1.807) is 12.1 Å². The van der Waals surface area contributed by atoms with Crippen LogP contribution in [0.2, 0.25) is 0 Å². The number of ether oxygens (including phenoxy) is 1. The maximum atomic E-state index is 12.2. The number of fused-ring (bicyclic) bond motifs is 1. The van der Waals surface area contributed by atoms with Crippen LogP contribution in [-0.4, -0.2) is 17.5 Å². The molecule has 0 radical (unpaired) electrons. The fourth-order valence-corrected chi connectivity index (χ4v) is 2.86. The number of hydrogen-bond acceptors (Lipinski definition) is 4. The van der Waals surface area contributed by atoms with Crippen molar-refractivity contribution in [2.75, 3.05) is 11.9 Å². The van der Waals surface area contributed by atoms with E-state index in [-0.39, 0.29) is 12.5 Å². The molecule has 0 unspecified atom stereocenters. The number of carbonyl (C=O) groups excluding carboxylic acids is 1. The van der Waals surface area contributed by atoms with Crippen molar-refractivity contribution >= 4 is 22.7 Å². The van der Waals surface area contributed by atoms with Gasteiger partial charge in [-0.05, 0) is 61.4 Å². The molecule has 0 saturated heterocycles. The lowest BCUT2D eigenvalue weighted by atomic mass is 10.1. The first-order chi connectivity index (χ1) is 13.6. The standard InChI is InChI=1S/C23H20N2O3/c1-15-8-10-19(12-16(15)2)27-14-22(26)24-18-9-11-20-21(13-18)28-23(25-20)17-6-4-3-5-7-17/h3-13H,14H2,1-2H3,(H,24,26). The summed E-state index contributed by atoms with van der Waals surface area (Å²) in [7, 11) is 0. The van der Waals surface area contributed by atoms with E-state index in [0.717, 1.165) is 16.6 Å². The molecule has 1 aromatic heterocycles. The van der Waals surface area contributed by atoms with Gasteiger partial charge in [0.25, 0.3) is 5.91 Å². The van der Waals surface area contributed by atoms with Crippen LogP contribution in [0.1, 0.15) is 11.1 Å². The lowest BCUT2D eigenvalue weighted by Crippen LogP contribution is -2.20. The highest BCUT2D eigenvalue weighted by atomic mass is 16.5. The van der Waals surface area contributed by atoms with Crippen molar-refractivity contribution in [1.29, 1.82) is 0 Å². The maximum Gasteiger partial charge on any atom is 0.262 e. The number of anilines is 1. The van der Waals surface area contributed by atoms with Crippen molar-refractivity contribution in [3.05, 3.63) is 77.9 Å². The van der Waals surface area contributed by atoms with Gasteiger partial charge in [0.2, 0.25) is 5.89 Å². The van der Waals surface area contributed by atoms with Crippen molar-refractivity contribution in [3.63, 3.8) is 0 Å². The third kappa shape index (κ3) is 3.88. The molecule has 0 bridgehead atoms. The Morgan fingerprint density at radius 1 is 1.00 bits per heavy atom. The third-order valence-electron chi connectivity index (χ3n) is 4.54. The summed E-state index contributed by atoms with van der Waals surface area (Å²) < 4.78 is 11.4. The largest absolute Gasteiger partial charge is 0.484 e. The molecule has 5 heteroatoms. The molecule has 0 aliphatic heterocycles. The average molecular weight is 372 g/mol. The Kier molecular flexibility index (Phi) is 4.81. The van der Waals surface area contributed by atoms with E-state index in [4.69, 9.17) is 9.15 Å². The van der Waals surface area contributed by atoms with E-state index >= 15 is 0 Å². The van der Waals surface area contributed by atoms with E-state index in [0.29, 0.717) is 22.9 Å². The lowest BCUT2D eigenvalue weighted by molar-refractivity contribution is -0.118. The Morgan fingerprint density at radius 3 is 2.61 bits per heavy atom. The van der Waals surface area contributed by atoms with Crippen molar-refractivity contribution in [3.8, 4) is 17.2 Å². The summed E-state index contributed by atoms with van der Waals surface area (Å²) in [6, 6.07) is 20.9.